The number of rotatable bonds is 7. The summed E-state index contributed by atoms with van der Waals surface area (Å²) >= 11 is 1.91. The predicted octanol–water partition coefficient (Wildman–Crippen LogP) is 23.2. The van der Waals surface area contributed by atoms with E-state index >= 15 is 0 Å². The second-order valence-electron chi connectivity index (χ2n) is 29.7. The van der Waals surface area contributed by atoms with Crippen LogP contribution in [0.25, 0.3) is 109 Å². The molecule has 0 aliphatic carbocycles. The molecule has 0 fully saturated rings. The smallest absolute Gasteiger partial charge is 0.252 e. The summed E-state index contributed by atoms with van der Waals surface area (Å²) in [6.45, 7) is 21.1. The Labute approximate surface area is 566 Å². The Balaban J connectivity index is 0.985. The van der Waals surface area contributed by atoms with Crippen molar-refractivity contribution in [3.63, 3.8) is 0 Å². The van der Waals surface area contributed by atoms with Crippen LogP contribution >= 0.6 is 11.3 Å². The van der Waals surface area contributed by atoms with E-state index in [4.69, 9.17) is 0 Å². The Morgan fingerprint density at radius 2 is 0.802 bits per heavy atom. The topological polar surface area (TPSA) is 16.3 Å². The van der Waals surface area contributed by atoms with Crippen LogP contribution in [0.1, 0.15) is 79.0 Å². The molecule has 0 N–H and O–H groups in total. The van der Waals surface area contributed by atoms with Crippen LogP contribution in [-0.2, 0) is 16.2 Å². The molecule has 96 heavy (non-hydrogen) atoms. The van der Waals surface area contributed by atoms with E-state index in [0.717, 1.165) is 50.5 Å². The minimum Gasteiger partial charge on any atom is -0.310 e. The molecule has 2 aliphatic heterocycles. The van der Waals surface area contributed by atoms with E-state index in [9.17, 15) is 0 Å². The van der Waals surface area contributed by atoms with Crippen molar-refractivity contribution in [1.82, 2.24) is 9.13 Å². The van der Waals surface area contributed by atoms with Gasteiger partial charge in [-0.2, -0.15) is 0 Å². The van der Waals surface area contributed by atoms with E-state index in [1.807, 2.05) is 11.3 Å². The average molecular weight is 1250 g/mol. The maximum absolute atomic E-state index is 2.71. The Morgan fingerprint density at radius 1 is 0.292 bits per heavy atom. The van der Waals surface area contributed by atoms with Crippen molar-refractivity contribution in [3.05, 3.63) is 296 Å². The summed E-state index contributed by atoms with van der Waals surface area (Å²) < 4.78 is 7.57. The Morgan fingerprint density at radius 3 is 1.41 bits per heavy atom. The van der Waals surface area contributed by atoms with Crippen LogP contribution in [0.4, 0.5) is 34.1 Å². The van der Waals surface area contributed by atoms with E-state index in [-0.39, 0.29) is 23.0 Å². The first-order valence-corrected chi connectivity index (χ1v) is 34.7. The zero-order valence-corrected chi connectivity index (χ0v) is 56.6. The number of anilines is 6. The average Bonchev–Trinajstić information content (AvgIpc) is 0.777. The van der Waals surface area contributed by atoms with Crippen molar-refractivity contribution >= 4 is 132 Å². The molecule has 0 saturated heterocycles. The van der Waals surface area contributed by atoms with Gasteiger partial charge in [0, 0.05) is 82.3 Å². The van der Waals surface area contributed by atoms with Gasteiger partial charge in [-0.3, -0.25) is 0 Å². The molecule has 0 saturated carbocycles. The summed E-state index contributed by atoms with van der Waals surface area (Å²) in [4.78, 5) is 5.38. The minimum absolute atomic E-state index is 0.0654. The fourth-order valence-electron chi connectivity index (χ4n) is 15.9. The van der Waals surface area contributed by atoms with Gasteiger partial charge in [0.25, 0.3) is 6.71 Å². The summed E-state index contributed by atoms with van der Waals surface area (Å²) in [7, 11) is 0. The predicted molar refractivity (Wildman–Crippen MR) is 414 cm³/mol. The molecule has 6 heteroatoms. The fourth-order valence-corrected chi connectivity index (χ4v) is 17.1. The number of fused-ring (bicyclic) bond motifs is 13. The van der Waals surface area contributed by atoms with Gasteiger partial charge in [0.05, 0.1) is 38.1 Å². The fraction of sp³-hybridized carbons (Fsp3) is 0.133. The Bertz CT molecular complexity index is 5760. The lowest BCUT2D eigenvalue weighted by Gasteiger charge is -2.46. The zero-order valence-electron chi connectivity index (χ0n) is 55.8. The zero-order chi connectivity index (χ0) is 65.1. The van der Waals surface area contributed by atoms with Gasteiger partial charge in [-0.15, -0.1) is 11.3 Å². The van der Waals surface area contributed by atoms with Gasteiger partial charge >= 0.3 is 0 Å². The van der Waals surface area contributed by atoms with Crippen molar-refractivity contribution < 1.29 is 0 Å². The molecule has 3 aromatic heterocycles. The van der Waals surface area contributed by atoms with Gasteiger partial charge in [-0.25, -0.2) is 0 Å². The van der Waals surface area contributed by atoms with Crippen molar-refractivity contribution in [3.8, 4) is 44.8 Å². The molecule has 0 spiro atoms. The third kappa shape index (κ3) is 9.02. The van der Waals surface area contributed by atoms with E-state index < -0.39 is 0 Å². The van der Waals surface area contributed by atoms with E-state index in [1.54, 1.807) is 0 Å². The van der Waals surface area contributed by atoms with E-state index in [2.05, 4.69) is 360 Å². The molecule has 2 aliphatic rings. The lowest BCUT2D eigenvalue weighted by atomic mass is 9.33. The number of thiophene rings is 1. The number of nitrogens with zero attached hydrogens (tertiary/aromatic N) is 4. The normalized spacial score (nSPS) is 13.2. The van der Waals surface area contributed by atoms with Gasteiger partial charge in [0.1, 0.15) is 0 Å². The van der Waals surface area contributed by atoms with Crippen molar-refractivity contribution in [2.75, 3.05) is 9.80 Å². The van der Waals surface area contributed by atoms with Crippen molar-refractivity contribution in [2.45, 2.75) is 78.6 Å². The highest BCUT2D eigenvalue weighted by atomic mass is 32.1. The molecule has 0 atom stereocenters. The molecular formula is C90H73BN4S. The van der Waals surface area contributed by atoms with Gasteiger partial charge in [0.2, 0.25) is 0 Å². The van der Waals surface area contributed by atoms with Crippen LogP contribution in [0, 0.1) is 0 Å². The largest absolute Gasteiger partial charge is 0.310 e. The van der Waals surface area contributed by atoms with E-state index in [1.165, 1.54) is 125 Å². The maximum atomic E-state index is 2.71. The maximum Gasteiger partial charge on any atom is 0.252 e. The third-order valence-electron chi connectivity index (χ3n) is 20.7. The number of hydrogen-bond acceptors (Lipinski definition) is 3. The number of hydrogen-bond donors (Lipinski definition) is 0. The summed E-state index contributed by atoms with van der Waals surface area (Å²) in [5, 5.41) is 7.45. The summed E-state index contributed by atoms with van der Waals surface area (Å²) in [5.74, 6) is 0. The standard InChI is InChI=1S/C90H73BN4S/c1-88(2,3)60-47-59(48-61(50-60)89(4,5)6)58-43-46-77-74(49-58)91-73-45-44-64(93-76-40-23-20-34-68(76)72-54-79-71(55-80(72)93)67-33-19-22-39-75(67)92(79)63-31-17-12-18-32-63)53-81(73)95(86-65(56-27-13-10-14-28-56)36-25-37-66(86)57-29-15-11-16-30-57)83-52-62(90(7,8)9)51-82(85(83)91)94(77)78-41-26-38-70-69-35-21-24-42-84(69)96-87(70)78/h10-55H,1-9H3. The molecule has 0 radical (unpaired) electrons. The molecule has 16 aromatic rings. The third-order valence-corrected chi connectivity index (χ3v) is 21.9. The Kier molecular flexibility index (Phi) is 12.9. The molecule has 5 heterocycles. The SMILES string of the molecule is CC(C)(C)c1cc(-c2ccc3c(c2)B2c4ccc(-n5c6ccccc6c6cc7c(cc65)c5ccccc5n7-c5ccccc5)cc4N(c4c(-c5ccccc5)cccc4-c4ccccc4)c4cc(C(C)(C)C)cc(c42)N3c2cccc3c2sc2ccccc23)cc(C(C)(C)C)c1. The van der Waals surface area contributed by atoms with Crippen LogP contribution in [0.5, 0.6) is 0 Å². The number of para-hydroxylation sites is 4. The lowest BCUT2D eigenvalue weighted by Crippen LogP contribution is -2.61. The molecule has 462 valence electrons. The molecule has 13 aromatic carbocycles. The highest BCUT2D eigenvalue weighted by molar-refractivity contribution is 7.26. The van der Waals surface area contributed by atoms with Crippen LogP contribution in [0.15, 0.2) is 279 Å². The van der Waals surface area contributed by atoms with Crippen molar-refractivity contribution in [2.24, 2.45) is 0 Å². The van der Waals surface area contributed by atoms with Crippen LogP contribution < -0.4 is 26.2 Å². The van der Waals surface area contributed by atoms with Gasteiger partial charge in [-0.05, 0) is 150 Å². The first-order valence-electron chi connectivity index (χ1n) is 33.9. The number of benzene rings is 13. The highest BCUT2D eigenvalue weighted by Gasteiger charge is 2.46. The first kappa shape index (κ1) is 58.0. The van der Waals surface area contributed by atoms with E-state index in [0.29, 0.717) is 0 Å². The molecule has 0 bridgehead atoms. The van der Waals surface area contributed by atoms with Crippen LogP contribution in [-0.4, -0.2) is 15.8 Å². The van der Waals surface area contributed by atoms with Gasteiger partial charge < -0.3 is 18.9 Å². The monoisotopic (exact) mass is 1250 g/mol. The second-order valence-corrected chi connectivity index (χ2v) is 30.8. The molecule has 0 unspecified atom stereocenters. The highest BCUT2D eigenvalue weighted by Crippen LogP contribution is 2.54. The summed E-state index contributed by atoms with van der Waals surface area (Å²) in [6.07, 6.45) is 0. The number of aromatic nitrogens is 2. The Hall–Kier alpha value is -10.7. The molecule has 0 amide bonds. The minimum atomic E-state index is -0.254. The van der Waals surface area contributed by atoms with Gasteiger partial charge in [-0.1, -0.05) is 263 Å². The van der Waals surface area contributed by atoms with Gasteiger partial charge in [0.15, 0.2) is 0 Å². The van der Waals surface area contributed by atoms with Crippen LogP contribution in [0.3, 0.4) is 0 Å². The second kappa shape index (κ2) is 21.4. The molecular weight excluding hydrogens is 1180 g/mol. The van der Waals surface area contributed by atoms with Crippen molar-refractivity contribution in [1.29, 1.82) is 0 Å². The summed E-state index contributed by atoms with van der Waals surface area (Å²) in [6, 6.07) is 106. The van der Waals surface area contributed by atoms with Crippen LogP contribution in [0.2, 0.25) is 0 Å². The molecule has 18 rings (SSSR count). The summed E-state index contributed by atoms with van der Waals surface area (Å²) in [5.41, 5.74) is 28.5. The molecule has 4 nitrogen and oxygen atoms in total. The first-order chi connectivity index (χ1) is 46.5. The lowest BCUT2D eigenvalue weighted by molar-refractivity contribution is 0.569. The quantitative estimate of drug-likeness (QED) is 0.148.